The van der Waals surface area contributed by atoms with E-state index in [0.29, 0.717) is 29.9 Å². The zero-order valence-corrected chi connectivity index (χ0v) is 14.3. The number of carboxylic acid groups (broad SMARTS) is 1. The largest absolute Gasteiger partial charge is 0.481 e. The molecule has 0 atom stereocenters. The molecule has 2 aromatic rings. The molecule has 1 saturated carbocycles. The first-order valence-electron chi connectivity index (χ1n) is 8.53. The van der Waals surface area contributed by atoms with Crippen LogP contribution in [0.2, 0.25) is 0 Å². The zero-order chi connectivity index (χ0) is 18.0. The lowest BCUT2D eigenvalue weighted by molar-refractivity contribution is -0.142. The minimum absolute atomic E-state index is 0.0339. The Bertz CT molecular complexity index is 753. The number of hydrogen-bond donors (Lipinski definition) is 2. The molecule has 1 aliphatic rings. The number of benzene rings is 1. The summed E-state index contributed by atoms with van der Waals surface area (Å²) in [7, 11) is 0. The van der Waals surface area contributed by atoms with E-state index in [-0.39, 0.29) is 23.8 Å². The molecule has 0 amide bonds. The lowest BCUT2D eigenvalue weighted by Gasteiger charge is -2.27. The number of nitrogens with one attached hydrogen (secondary N) is 1. The fraction of sp³-hybridized carbons (Fsp3) is 0.529. The molecule has 0 saturated heterocycles. The highest BCUT2D eigenvalue weighted by atomic mass is 19.1. The summed E-state index contributed by atoms with van der Waals surface area (Å²) in [6.45, 7) is 3.86. The highest BCUT2D eigenvalue weighted by Gasteiger charge is 2.26. The standard InChI is InChI=1S/C17H22FN5O2/c1-10(2)23-16(20-21-22-23)14-8-7-13(9-15(14)18)19-12-5-3-11(4-6-12)17(24)25/h7-12,19H,3-6H2,1-2H3,(H,24,25). The van der Waals surface area contributed by atoms with Gasteiger partial charge in [-0.25, -0.2) is 9.07 Å². The molecule has 7 nitrogen and oxygen atoms in total. The van der Waals surface area contributed by atoms with Crippen molar-refractivity contribution in [2.45, 2.75) is 51.6 Å². The zero-order valence-electron chi connectivity index (χ0n) is 14.3. The fourth-order valence-corrected chi connectivity index (χ4v) is 3.23. The average molecular weight is 347 g/mol. The summed E-state index contributed by atoms with van der Waals surface area (Å²) in [5.74, 6) is -0.967. The fourth-order valence-electron chi connectivity index (χ4n) is 3.23. The van der Waals surface area contributed by atoms with Gasteiger partial charge in [0.15, 0.2) is 5.82 Å². The van der Waals surface area contributed by atoms with Crippen molar-refractivity contribution >= 4 is 11.7 Å². The molecule has 0 radical (unpaired) electrons. The van der Waals surface area contributed by atoms with E-state index in [1.54, 1.807) is 16.8 Å². The van der Waals surface area contributed by atoms with Crippen LogP contribution in [0.25, 0.3) is 11.4 Å². The Hall–Kier alpha value is -2.51. The van der Waals surface area contributed by atoms with Crippen molar-refractivity contribution in [1.29, 1.82) is 0 Å². The Kier molecular flexibility index (Phi) is 4.96. The summed E-state index contributed by atoms with van der Waals surface area (Å²) in [5, 5.41) is 23.8. The SMILES string of the molecule is CC(C)n1nnnc1-c1ccc(NC2CCC(C(=O)O)CC2)cc1F. The number of rotatable bonds is 5. The van der Waals surface area contributed by atoms with Gasteiger partial charge in [-0.2, -0.15) is 0 Å². The number of aliphatic carboxylic acids is 1. The van der Waals surface area contributed by atoms with Crippen LogP contribution >= 0.6 is 0 Å². The van der Waals surface area contributed by atoms with E-state index >= 15 is 0 Å². The first-order valence-corrected chi connectivity index (χ1v) is 8.53. The van der Waals surface area contributed by atoms with Crippen LogP contribution in [-0.4, -0.2) is 37.3 Å². The van der Waals surface area contributed by atoms with Gasteiger partial charge in [0.25, 0.3) is 0 Å². The van der Waals surface area contributed by atoms with Gasteiger partial charge in [-0.15, -0.1) is 5.10 Å². The maximum absolute atomic E-state index is 14.6. The molecule has 25 heavy (non-hydrogen) atoms. The van der Waals surface area contributed by atoms with Crippen molar-refractivity contribution in [2.24, 2.45) is 5.92 Å². The summed E-state index contributed by atoms with van der Waals surface area (Å²) in [6, 6.07) is 5.12. The predicted octanol–water partition coefficient (Wildman–Crippen LogP) is 3.12. The lowest BCUT2D eigenvalue weighted by Crippen LogP contribution is -2.29. The van der Waals surface area contributed by atoms with Crippen LogP contribution in [0.15, 0.2) is 18.2 Å². The summed E-state index contributed by atoms with van der Waals surface area (Å²) in [6.07, 6.45) is 2.84. The van der Waals surface area contributed by atoms with E-state index in [0.717, 1.165) is 12.8 Å². The van der Waals surface area contributed by atoms with Crippen molar-refractivity contribution < 1.29 is 14.3 Å². The summed E-state index contributed by atoms with van der Waals surface area (Å²) in [4.78, 5) is 11.0. The number of hydrogen-bond acceptors (Lipinski definition) is 5. The quantitative estimate of drug-likeness (QED) is 0.863. The van der Waals surface area contributed by atoms with Crippen LogP contribution in [0.5, 0.6) is 0 Å². The Morgan fingerprint density at radius 2 is 2.04 bits per heavy atom. The molecule has 0 bridgehead atoms. The number of anilines is 1. The van der Waals surface area contributed by atoms with Crippen LogP contribution in [0.3, 0.4) is 0 Å². The van der Waals surface area contributed by atoms with E-state index in [1.807, 2.05) is 13.8 Å². The van der Waals surface area contributed by atoms with Crippen LogP contribution in [0, 0.1) is 11.7 Å². The third-order valence-corrected chi connectivity index (χ3v) is 4.64. The van der Waals surface area contributed by atoms with Crippen molar-refractivity contribution in [3.05, 3.63) is 24.0 Å². The number of carboxylic acids is 1. The second-order valence-corrected chi connectivity index (χ2v) is 6.77. The number of nitrogens with zero attached hydrogens (tertiary/aromatic N) is 4. The number of tetrazole rings is 1. The van der Waals surface area contributed by atoms with E-state index in [1.165, 1.54) is 6.07 Å². The molecule has 0 unspecified atom stereocenters. The molecule has 1 aliphatic carbocycles. The number of aromatic nitrogens is 4. The molecule has 1 aromatic carbocycles. The van der Waals surface area contributed by atoms with Gasteiger partial charge in [0.1, 0.15) is 5.82 Å². The summed E-state index contributed by atoms with van der Waals surface area (Å²) >= 11 is 0. The smallest absolute Gasteiger partial charge is 0.306 e. The van der Waals surface area contributed by atoms with Gasteiger partial charge in [-0.3, -0.25) is 4.79 Å². The van der Waals surface area contributed by atoms with Gasteiger partial charge in [-0.05, 0) is 68.2 Å². The normalized spacial score (nSPS) is 20.6. The Morgan fingerprint density at radius 1 is 1.32 bits per heavy atom. The van der Waals surface area contributed by atoms with Crippen molar-refractivity contribution in [3.63, 3.8) is 0 Å². The van der Waals surface area contributed by atoms with E-state index < -0.39 is 5.97 Å². The molecule has 134 valence electrons. The highest BCUT2D eigenvalue weighted by molar-refractivity contribution is 5.70. The van der Waals surface area contributed by atoms with Crippen molar-refractivity contribution in [2.75, 3.05) is 5.32 Å². The third kappa shape index (κ3) is 3.78. The molecule has 1 aromatic heterocycles. The number of halogens is 1. The molecule has 2 N–H and O–H groups in total. The van der Waals surface area contributed by atoms with Gasteiger partial charge >= 0.3 is 5.97 Å². The third-order valence-electron chi connectivity index (χ3n) is 4.64. The van der Waals surface area contributed by atoms with Crippen LogP contribution in [0.4, 0.5) is 10.1 Å². The Morgan fingerprint density at radius 3 is 2.64 bits per heavy atom. The maximum atomic E-state index is 14.6. The van der Waals surface area contributed by atoms with Gasteiger partial charge in [0, 0.05) is 11.7 Å². The second-order valence-electron chi connectivity index (χ2n) is 6.77. The average Bonchev–Trinajstić information content (AvgIpc) is 3.05. The minimum Gasteiger partial charge on any atom is -0.481 e. The van der Waals surface area contributed by atoms with Gasteiger partial charge in [0.2, 0.25) is 0 Å². The first-order chi connectivity index (χ1) is 12.0. The van der Waals surface area contributed by atoms with Crippen LogP contribution in [0.1, 0.15) is 45.6 Å². The summed E-state index contributed by atoms with van der Waals surface area (Å²) in [5.41, 5.74) is 1.04. The minimum atomic E-state index is -0.725. The molecular weight excluding hydrogens is 325 g/mol. The van der Waals surface area contributed by atoms with Crippen molar-refractivity contribution in [1.82, 2.24) is 20.2 Å². The molecule has 1 fully saturated rings. The summed E-state index contributed by atoms with van der Waals surface area (Å²) < 4.78 is 16.1. The van der Waals surface area contributed by atoms with E-state index in [9.17, 15) is 9.18 Å². The molecule has 0 spiro atoms. The maximum Gasteiger partial charge on any atom is 0.306 e. The molecule has 8 heteroatoms. The highest BCUT2D eigenvalue weighted by Crippen LogP contribution is 2.29. The predicted molar refractivity (Wildman–Crippen MR) is 90.6 cm³/mol. The van der Waals surface area contributed by atoms with Gasteiger partial charge in [-0.1, -0.05) is 0 Å². The molecule has 1 heterocycles. The monoisotopic (exact) mass is 347 g/mol. The second kappa shape index (κ2) is 7.16. The Balaban J connectivity index is 1.70. The molecule has 0 aliphatic heterocycles. The lowest BCUT2D eigenvalue weighted by atomic mass is 9.86. The molecule has 3 rings (SSSR count). The van der Waals surface area contributed by atoms with E-state index in [4.69, 9.17) is 5.11 Å². The number of carbonyl (C=O) groups is 1. The molecular formula is C17H22FN5O2. The van der Waals surface area contributed by atoms with Gasteiger partial charge in [0.05, 0.1) is 17.5 Å². The van der Waals surface area contributed by atoms with Crippen LogP contribution in [-0.2, 0) is 4.79 Å². The van der Waals surface area contributed by atoms with Crippen LogP contribution < -0.4 is 5.32 Å². The van der Waals surface area contributed by atoms with E-state index in [2.05, 4.69) is 20.8 Å². The van der Waals surface area contributed by atoms with Crippen molar-refractivity contribution in [3.8, 4) is 11.4 Å². The Labute approximate surface area is 145 Å². The first kappa shape index (κ1) is 17.3. The van der Waals surface area contributed by atoms with Gasteiger partial charge < -0.3 is 10.4 Å². The topological polar surface area (TPSA) is 92.9 Å².